The molecule has 0 aromatic rings. The highest BCUT2D eigenvalue weighted by atomic mass is 16.5. The van der Waals surface area contributed by atoms with Crippen LogP contribution in [0.25, 0.3) is 0 Å². The van der Waals surface area contributed by atoms with Gasteiger partial charge in [-0.2, -0.15) is 0 Å². The normalized spacial score (nSPS) is 15.8. The number of aliphatic hydroxyl groups is 1. The lowest BCUT2D eigenvalue weighted by molar-refractivity contribution is 0.0120. The third-order valence-electron chi connectivity index (χ3n) is 2.25. The zero-order valence-electron chi connectivity index (χ0n) is 10.4. The molecule has 0 aromatic heterocycles. The zero-order valence-corrected chi connectivity index (χ0v) is 10.4. The first-order valence-electron chi connectivity index (χ1n) is 5.53. The van der Waals surface area contributed by atoms with E-state index in [-0.39, 0.29) is 7.53 Å². The van der Waals surface area contributed by atoms with Gasteiger partial charge >= 0.3 is 0 Å². The van der Waals surface area contributed by atoms with Gasteiger partial charge in [-0.15, -0.1) is 0 Å². The monoisotopic (exact) mass is 227 g/mol. The van der Waals surface area contributed by atoms with E-state index >= 15 is 0 Å². The van der Waals surface area contributed by atoms with Crippen LogP contribution in [0.5, 0.6) is 0 Å². The summed E-state index contributed by atoms with van der Waals surface area (Å²) in [6.45, 7) is 7.70. The minimum Gasteiger partial charge on any atom is -0.381 e. The Morgan fingerprint density at radius 1 is 1.38 bits per heavy atom. The van der Waals surface area contributed by atoms with Gasteiger partial charge in [-0.05, 0) is 18.2 Å². The van der Waals surface area contributed by atoms with Crippen molar-refractivity contribution in [3.8, 4) is 0 Å². The van der Waals surface area contributed by atoms with E-state index in [1.54, 1.807) is 19.4 Å². The second-order valence-corrected chi connectivity index (χ2v) is 3.92. The lowest BCUT2D eigenvalue weighted by atomic mass is 10.0. The number of hydrogen-bond acceptors (Lipinski definition) is 3. The molecule has 0 saturated heterocycles. The average Bonchev–Trinajstić information content (AvgIpc) is 2.25. The first-order valence-corrected chi connectivity index (χ1v) is 5.53. The van der Waals surface area contributed by atoms with E-state index in [1.165, 1.54) is 0 Å². The molecule has 0 aliphatic carbocycles. The molecule has 0 saturated carbocycles. The van der Waals surface area contributed by atoms with Gasteiger partial charge in [-0.25, -0.2) is 0 Å². The number of ether oxygens (including phenoxy) is 1. The van der Waals surface area contributed by atoms with Crippen LogP contribution in [0.2, 0.25) is 0 Å². The van der Waals surface area contributed by atoms with E-state index in [0.717, 1.165) is 0 Å². The van der Waals surface area contributed by atoms with Crippen LogP contribution < -0.4 is 5.32 Å². The molecule has 3 heteroatoms. The summed E-state index contributed by atoms with van der Waals surface area (Å²) in [5.41, 5.74) is 0. The Labute approximate surface area is 100.0 Å². The van der Waals surface area contributed by atoms with Gasteiger partial charge in [0.2, 0.25) is 0 Å². The predicted molar refractivity (Wildman–Crippen MR) is 70.0 cm³/mol. The van der Waals surface area contributed by atoms with E-state index < -0.39 is 6.23 Å². The van der Waals surface area contributed by atoms with Crippen molar-refractivity contribution >= 4 is 0 Å². The molecule has 0 rings (SSSR count). The van der Waals surface area contributed by atoms with Crippen LogP contribution in [0.15, 0.2) is 37.1 Å². The Balaban J connectivity index is 0. The minimum absolute atomic E-state index is 0. The van der Waals surface area contributed by atoms with Crippen molar-refractivity contribution < 1.29 is 11.3 Å². The van der Waals surface area contributed by atoms with Gasteiger partial charge in [0, 0.05) is 15.0 Å². The Kier molecular flexibility index (Phi) is 8.58. The Hall–Kier alpha value is -1.06. The third kappa shape index (κ3) is 7.26. The highest BCUT2D eigenvalue weighted by Crippen LogP contribution is 2.11. The number of rotatable bonds is 8. The predicted octanol–water partition coefficient (Wildman–Crippen LogP) is 2.46. The lowest BCUT2D eigenvalue weighted by Crippen LogP contribution is -2.32. The van der Waals surface area contributed by atoms with Crippen molar-refractivity contribution in [2.75, 3.05) is 7.11 Å². The fourth-order valence-electron chi connectivity index (χ4n) is 1.29. The lowest BCUT2D eigenvalue weighted by Gasteiger charge is -2.22. The van der Waals surface area contributed by atoms with E-state index in [0.29, 0.717) is 12.3 Å². The summed E-state index contributed by atoms with van der Waals surface area (Å²) in [6.07, 6.45) is 8.92. The maximum atomic E-state index is 9.67. The third-order valence-corrected chi connectivity index (χ3v) is 2.25. The molecule has 2 N–H and O–H groups in total. The van der Waals surface area contributed by atoms with Gasteiger partial charge in [0.25, 0.3) is 0 Å². The van der Waals surface area contributed by atoms with E-state index in [1.807, 2.05) is 18.2 Å². The van der Waals surface area contributed by atoms with Crippen LogP contribution in [0, 0.1) is 5.92 Å². The second kappa shape index (κ2) is 9.19. The molecule has 2 unspecified atom stereocenters. The maximum Gasteiger partial charge on any atom is 0.126 e. The fourth-order valence-corrected chi connectivity index (χ4v) is 1.29. The summed E-state index contributed by atoms with van der Waals surface area (Å²) in [4.78, 5) is 0. The molecule has 0 aliphatic rings. The number of nitrogens with one attached hydrogen (secondary N) is 1. The molecule has 0 radical (unpaired) electrons. The summed E-state index contributed by atoms with van der Waals surface area (Å²) in [7, 11) is 1.67. The SMILES string of the molecule is C=C/C=C\C=C\NC(O)CC(OC)C(C)C.[HH]. The van der Waals surface area contributed by atoms with Gasteiger partial charge in [-0.3, -0.25) is 0 Å². The Bertz CT molecular complexity index is 240. The molecule has 3 nitrogen and oxygen atoms in total. The molecule has 16 heavy (non-hydrogen) atoms. The van der Waals surface area contributed by atoms with Crippen LogP contribution >= 0.6 is 0 Å². The summed E-state index contributed by atoms with van der Waals surface area (Å²) < 4.78 is 5.28. The number of methoxy groups -OCH3 is 1. The maximum absolute atomic E-state index is 9.67. The molecule has 0 amide bonds. The van der Waals surface area contributed by atoms with Crippen LogP contribution in [-0.4, -0.2) is 24.5 Å². The number of hydrogen-bond donors (Lipinski definition) is 2. The summed E-state index contributed by atoms with van der Waals surface area (Å²) in [6, 6.07) is 0. The molecule has 0 bridgehead atoms. The largest absolute Gasteiger partial charge is 0.381 e. The minimum atomic E-state index is -0.583. The van der Waals surface area contributed by atoms with Gasteiger partial charge in [0.15, 0.2) is 0 Å². The van der Waals surface area contributed by atoms with E-state index in [2.05, 4.69) is 25.7 Å². The van der Waals surface area contributed by atoms with Crippen LogP contribution in [-0.2, 0) is 4.74 Å². The first kappa shape index (κ1) is 14.9. The van der Waals surface area contributed by atoms with Crippen molar-refractivity contribution in [1.82, 2.24) is 5.32 Å². The van der Waals surface area contributed by atoms with Crippen molar-refractivity contribution in [2.45, 2.75) is 32.6 Å². The fraction of sp³-hybridized carbons (Fsp3) is 0.538. The molecule has 0 spiro atoms. The van der Waals surface area contributed by atoms with Crippen molar-refractivity contribution in [3.63, 3.8) is 0 Å². The quantitative estimate of drug-likeness (QED) is 0.494. The summed E-state index contributed by atoms with van der Waals surface area (Å²) in [5.74, 6) is 0.395. The number of allylic oxidation sites excluding steroid dienone is 4. The second-order valence-electron chi connectivity index (χ2n) is 3.92. The summed E-state index contributed by atoms with van der Waals surface area (Å²) >= 11 is 0. The Morgan fingerprint density at radius 2 is 2.06 bits per heavy atom. The van der Waals surface area contributed by atoms with Crippen molar-refractivity contribution in [3.05, 3.63) is 37.1 Å². The zero-order chi connectivity index (χ0) is 12.4. The van der Waals surface area contributed by atoms with E-state index in [9.17, 15) is 5.11 Å². The van der Waals surface area contributed by atoms with Crippen molar-refractivity contribution in [1.29, 1.82) is 0 Å². The molecule has 0 fully saturated rings. The smallest absolute Gasteiger partial charge is 0.126 e. The van der Waals surface area contributed by atoms with Crippen LogP contribution in [0.4, 0.5) is 0 Å². The van der Waals surface area contributed by atoms with Gasteiger partial charge in [0.05, 0.1) is 6.10 Å². The molecular formula is C13H25NO2. The van der Waals surface area contributed by atoms with Gasteiger partial charge in [0.1, 0.15) is 6.23 Å². The van der Waals surface area contributed by atoms with Gasteiger partial charge in [-0.1, -0.05) is 38.7 Å². The van der Waals surface area contributed by atoms with Crippen LogP contribution in [0.3, 0.4) is 0 Å². The van der Waals surface area contributed by atoms with Crippen LogP contribution in [0.1, 0.15) is 21.7 Å². The summed E-state index contributed by atoms with van der Waals surface area (Å²) in [5, 5.41) is 12.5. The highest BCUT2D eigenvalue weighted by molar-refractivity contribution is 5.08. The topological polar surface area (TPSA) is 41.5 Å². The molecule has 2 atom stereocenters. The van der Waals surface area contributed by atoms with Gasteiger partial charge < -0.3 is 15.2 Å². The average molecular weight is 227 g/mol. The van der Waals surface area contributed by atoms with Crippen molar-refractivity contribution in [2.24, 2.45) is 5.92 Å². The number of aliphatic hydroxyl groups excluding tert-OH is 1. The highest BCUT2D eigenvalue weighted by Gasteiger charge is 2.15. The molecule has 0 aliphatic heterocycles. The standard InChI is InChI=1S/C13H23NO2.H2/c1-5-6-7-8-9-14-13(15)10-12(16-4)11(2)3;/h5-9,11-15H,1,10H2,2-4H3;1H/b7-6-,9-8+;. The molecule has 0 aromatic carbocycles. The molecule has 94 valence electrons. The van der Waals surface area contributed by atoms with E-state index in [4.69, 9.17) is 4.74 Å². The molecular weight excluding hydrogens is 202 g/mol. The first-order chi connectivity index (χ1) is 7.61. The Morgan fingerprint density at radius 3 is 2.56 bits per heavy atom. The molecule has 0 heterocycles.